The number of hydrogen-bond donors (Lipinski definition) is 2. The molecule has 27 heavy (non-hydrogen) atoms. The lowest BCUT2D eigenvalue weighted by Gasteiger charge is -2.13. The van der Waals surface area contributed by atoms with Crippen LogP contribution in [0.4, 0.5) is 5.69 Å². The van der Waals surface area contributed by atoms with Crippen LogP contribution in [0.15, 0.2) is 83.8 Å². The predicted molar refractivity (Wildman–Crippen MR) is 102 cm³/mol. The topological polar surface area (TPSA) is 106 Å². The van der Waals surface area contributed by atoms with E-state index in [9.17, 15) is 18.0 Å². The highest BCUT2D eigenvalue weighted by Gasteiger charge is 2.25. The van der Waals surface area contributed by atoms with Crippen molar-refractivity contribution in [3.05, 3.63) is 95.6 Å². The first-order chi connectivity index (χ1) is 12.9. The molecular weight excluding hydrogens is 364 g/mol. The van der Waals surface area contributed by atoms with E-state index in [1.54, 1.807) is 60.7 Å². The third-order valence-electron chi connectivity index (χ3n) is 3.86. The smallest absolute Gasteiger partial charge is 0.255 e. The molecule has 0 aliphatic heterocycles. The molecule has 136 valence electrons. The summed E-state index contributed by atoms with van der Waals surface area (Å²) in [6.45, 7) is 0. The van der Waals surface area contributed by atoms with Crippen LogP contribution in [0, 0.1) is 0 Å². The molecule has 7 heteroatoms. The van der Waals surface area contributed by atoms with Crippen molar-refractivity contribution in [3.8, 4) is 0 Å². The summed E-state index contributed by atoms with van der Waals surface area (Å²) in [5.41, 5.74) is 0.509. The Bertz CT molecular complexity index is 1100. The molecule has 3 aromatic carbocycles. The van der Waals surface area contributed by atoms with Crippen LogP contribution in [-0.2, 0) is 10.0 Å². The van der Waals surface area contributed by atoms with Gasteiger partial charge in [0.15, 0.2) is 5.78 Å². The van der Waals surface area contributed by atoms with Crippen LogP contribution >= 0.6 is 0 Å². The zero-order valence-corrected chi connectivity index (χ0v) is 14.9. The Morgan fingerprint density at radius 1 is 0.741 bits per heavy atom. The number of nitrogens with one attached hydrogen (secondary N) is 1. The Labute approximate surface area is 156 Å². The SMILES string of the molecule is NS(=O)(=O)c1c(NC(=O)c2ccccc2)cccc1C(=O)c1ccccc1. The van der Waals surface area contributed by atoms with Crippen LogP contribution in [0.2, 0.25) is 0 Å². The fraction of sp³-hybridized carbons (Fsp3) is 0. The van der Waals surface area contributed by atoms with Gasteiger partial charge < -0.3 is 5.32 Å². The average Bonchev–Trinajstić information content (AvgIpc) is 2.67. The summed E-state index contributed by atoms with van der Waals surface area (Å²) in [6, 6.07) is 20.8. The Morgan fingerprint density at radius 3 is 1.85 bits per heavy atom. The number of sulfonamides is 1. The summed E-state index contributed by atoms with van der Waals surface area (Å²) in [7, 11) is -4.28. The molecule has 0 saturated carbocycles. The highest BCUT2D eigenvalue weighted by molar-refractivity contribution is 7.89. The number of benzene rings is 3. The minimum absolute atomic E-state index is 0.0480. The molecular formula is C20H16N2O4S. The number of rotatable bonds is 5. The lowest BCUT2D eigenvalue weighted by atomic mass is 10.0. The van der Waals surface area contributed by atoms with Crippen LogP contribution in [0.1, 0.15) is 26.3 Å². The van der Waals surface area contributed by atoms with Gasteiger partial charge in [0, 0.05) is 16.7 Å². The highest BCUT2D eigenvalue weighted by Crippen LogP contribution is 2.27. The van der Waals surface area contributed by atoms with Gasteiger partial charge in [-0.2, -0.15) is 0 Å². The summed E-state index contributed by atoms with van der Waals surface area (Å²) < 4.78 is 24.4. The number of nitrogens with two attached hydrogens (primary N) is 1. The van der Waals surface area contributed by atoms with Gasteiger partial charge in [-0.3, -0.25) is 9.59 Å². The van der Waals surface area contributed by atoms with Gasteiger partial charge in [-0.15, -0.1) is 0 Å². The molecule has 3 rings (SSSR count). The molecule has 0 aliphatic rings. The minimum atomic E-state index is -4.28. The van der Waals surface area contributed by atoms with Crippen LogP contribution in [-0.4, -0.2) is 20.1 Å². The standard InChI is InChI=1S/C20H16N2O4S/c21-27(25,26)19-16(18(23)14-8-3-1-4-9-14)12-7-13-17(19)22-20(24)15-10-5-2-6-11-15/h1-13H,(H,22,24)(H2,21,25,26). The van der Waals surface area contributed by atoms with Gasteiger partial charge in [0.05, 0.1) is 5.69 Å². The van der Waals surface area contributed by atoms with Crippen LogP contribution < -0.4 is 10.5 Å². The van der Waals surface area contributed by atoms with Gasteiger partial charge in [0.25, 0.3) is 5.91 Å². The Balaban J connectivity index is 2.08. The molecule has 6 nitrogen and oxygen atoms in total. The second-order valence-electron chi connectivity index (χ2n) is 5.74. The molecule has 0 spiro atoms. The van der Waals surface area contributed by atoms with E-state index >= 15 is 0 Å². The van der Waals surface area contributed by atoms with Crippen molar-refractivity contribution in [2.24, 2.45) is 5.14 Å². The maximum Gasteiger partial charge on any atom is 0.255 e. The van der Waals surface area contributed by atoms with Gasteiger partial charge in [0.2, 0.25) is 10.0 Å². The van der Waals surface area contributed by atoms with Crippen LogP contribution in [0.3, 0.4) is 0 Å². The van der Waals surface area contributed by atoms with Gasteiger partial charge in [-0.1, -0.05) is 54.6 Å². The lowest BCUT2D eigenvalue weighted by Crippen LogP contribution is -2.21. The molecule has 0 unspecified atom stereocenters. The van der Waals surface area contributed by atoms with E-state index in [2.05, 4.69) is 5.32 Å². The summed E-state index contributed by atoms with van der Waals surface area (Å²) in [5.74, 6) is -1.01. The third-order valence-corrected chi connectivity index (χ3v) is 4.87. The molecule has 0 atom stereocenters. The molecule has 0 fully saturated rings. The number of primary sulfonamides is 1. The quantitative estimate of drug-likeness (QED) is 0.664. The Hall–Kier alpha value is -3.29. The molecule has 0 aliphatic carbocycles. The maximum atomic E-state index is 12.8. The molecule has 0 heterocycles. The monoisotopic (exact) mass is 380 g/mol. The first kappa shape index (κ1) is 18.5. The summed E-state index contributed by atoms with van der Waals surface area (Å²) in [5, 5.41) is 7.89. The van der Waals surface area contributed by atoms with Gasteiger partial charge in [-0.05, 0) is 24.3 Å². The van der Waals surface area contributed by atoms with Crippen molar-refractivity contribution in [1.82, 2.24) is 0 Å². The average molecular weight is 380 g/mol. The summed E-state index contributed by atoms with van der Waals surface area (Å²) in [4.78, 5) is 24.8. The first-order valence-electron chi connectivity index (χ1n) is 8.00. The largest absolute Gasteiger partial charge is 0.321 e. The van der Waals surface area contributed by atoms with E-state index < -0.39 is 26.6 Å². The molecule has 0 saturated heterocycles. The number of carbonyl (C=O) groups is 2. The van der Waals surface area contributed by atoms with E-state index in [1.165, 1.54) is 18.2 Å². The van der Waals surface area contributed by atoms with E-state index in [-0.39, 0.29) is 11.3 Å². The normalized spacial score (nSPS) is 11.0. The second kappa shape index (κ2) is 7.53. The zero-order chi connectivity index (χ0) is 19.4. The number of anilines is 1. The van der Waals surface area contributed by atoms with Crippen LogP contribution in [0.25, 0.3) is 0 Å². The van der Waals surface area contributed by atoms with Crippen molar-refractivity contribution < 1.29 is 18.0 Å². The van der Waals surface area contributed by atoms with Gasteiger partial charge in [-0.25, -0.2) is 13.6 Å². The number of amides is 1. The molecule has 0 bridgehead atoms. The second-order valence-corrected chi connectivity index (χ2v) is 7.24. The fourth-order valence-electron chi connectivity index (χ4n) is 2.65. The highest BCUT2D eigenvalue weighted by atomic mass is 32.2. The van der Waals surface area contributed by atoms with Gasteiger partial charge in [0.1, 0.15) is 4.90 Å². The molecule has 3 N–H and O–H groups in total. The van der Waals surface area contributed by atoms with Crippen LogP contribution in [0.5, 0.6) is 0 Å². The zero-order valence-electron chi connectivity index (χ0n) is 14.1. The van der Waals surface area contributed by atoms with Crippen molar-refractivity contribution in [1.29, 1.82) is 0 Å². The van der Waals surface area contributed by atoms with Crippen molar-refractivity contribution in [2.75, 3.05) is 5.32 Å². The van der Waals surface area contributed by atoms with Crippen molar-refractivity contribution >= 4 is 27.4 Å². The van der Waals surface area contributed by atoms with Crippen molar-refractivity contribution in [3.63, 3.8) is 0 Å². The number of carbonyl (C=O) groups excluding carboxylic acids is 2. The van der Waals surface area contributed by atoms with E-state index in [0.717, 1.165) is 0 Å². The molecule has 0 aromatic heterocycles. The maximum absolute atomic E-state index is 12.8. The first-order valence-corrected chi connectivity index (χ1v) is 9.54. The number of ketones is 1. The molecule has 3 aromatic rings. The van der Waals surface area contributed by atoms with E-state index in [1.807, 2.05) is 0 Å². The Morgan fingerprint density at radius 2 is 1.30 bits per heavy atom. The lowest BCUT2D eigenvalue weighted by molar-refractivity contribution is 0.101. The third kappa shape index (κ3) is 4.11. The minimum Gasteiger partial charge on any atom is -0.321 e. The predicted octanol–water partition coefficient (Wildman–Crippen LogP) is 2.82. The van der Waals surface area contributed by atoms with E-state index in [4.69, 9.17) is 5.14 Å². The van der Waals surface area contributed by atoms with E-state index in [0.29, 0.717) is 11.1 Å². The summed E-state index contributed by atoms with van der Waals surface area (Å²) >= 11 is 0. The Kier molecular flexibility index (Phi) is 5.16. The number of hydrogen-bond acceptors (Lipinski definition) is 4. The fourth-order valence-corrected chi connectivity index (χ4v) is 3.54. The molecule has 0 radical (unpaired) electrons. The van der Waals surface area contributed by atoms with Gasteiger partial charge >= 0.3 is 0 Å². The van der Waals surface area contributed by atoms with Crippen molar-refractivity contribution in [2.45, 2.75) is 4.90 Å². The summed E-state index contributed by atoms with van der Waals surface area (Å²) in [6.07, 6.45) is 0. The molecule has 1 amide bonds.